The zero-order valence-electron chi connectivity index (χ0n) is 11.6. The molecular formula is C14H21N3O2. The van der Waals surface area contributed by atoms with Crippen LogP contribution in [0.2, 0.25) is 0 Å². The molecule has 1 N–H and O–H groups in total. The van der Waals surface area contributed by atoms with Gasteiger partial charge in [0, 0.05) is 11.6 Å². The van der Waals surface area contributed by atoms with Gasteiger partial charge in [-0.2, -0.15) is 0 Å². The summed E-state index contributed by atoms with van der Waals surface area (Å²) < 4.78 is 0. The molecule has 0 spiro atoms. The Kier molecular flexibility index (Phi) is 4.35. The van der Waals surface area contributed by atoms with Gasteiger partial charge in [0.05, 0.1) is 4.92 Å². The highest BCUT2D eigenvalue weighted by Crippen LogP contribution is 2.28. The molecule has 0 saturated heterocycles. The van der Waals surface area contributed by atoms with Crippen molar-refractivity contribution < 1.29 is 4.92 Å². The van der Waals surface area contributed by atoms with Crippen LogP contribution in [-0.2, 0) is 0 Å². The van der Waals surface area contributed by atoms with Gasteiger partial charge in [-0.25, -0.2) is 4.98 Å². The third kappa shape index (κ3) is 3.43. The van der Waals surface area contributed by atoms with Gasteiger partial charge < -0.3 is 5.32 Å². The van der Waals surface area contributed by atoms with Crippen molar-refractivity contribution in [3.8, 4) is 0 Å². The molecule has 1 fully saturated rings. The fourth-order valence-corrected chi connectivity index (χ4v) is 2.74. The van der Waals surface area contributed by atoms with Crippen molar-refractivity contribution >= 4 is 11.5 Å². The van der Waals surface area contributed by atoms with E-state index in [0.717, 1.165) is 24.6 Å². The lowest BCUT2D eigenvalue weighted by Gasteiger charge is -2.28. The Bertz CT molecular complexity index is 454. The summed E-state index contributed by atoms with van der Waals surface area (Å²) in [7, 11) is 0. The van der Waals surface area contributed by atoms with E-state index in [-0.39, 0.29) is 5.69 Å². The number of rotatable bonds is 4. The largest absolute Gasteiger partial charge is 0.367 e. The van der Waals surface area contributed by atoms with Gasteiger partial charge >= 0.3 is 0 Å². The van der Waals surface area contributed by atoms with Crippen molar-refractivity contribution in [2.45, 2.75) is 52.0 Å². The second kappa shape index (κ2) is 5.99. The van der Waals surface area contributed by atoms with E-state index in [4.69, 9.17) is 0 Å². The quantitative estimate of drug-likeness (QED) is 0.664. The van der Waals surface area contributed by atoms with Crippen molar-refractivity contribution in [2.24, 2.45) is 5.92 Å². The van der Waals surface area contributed by atoms with Crippen LogP contribution in [0, 0.1) is 23.0 Å². The van der Waals surface area contributed by atoms with Gasteiger partial charge in [0.2, 0.25) is 0 Å². The maximum absolute atomic E-state index is 10.7. The molecule has 0 unspecified atom stereocenters. The van der Waals surface area contributed by atoms with E-state index >= 15 is 0 Å². The molecule has 0 atom stereocenters. The molecule has 5 heteroatoms. The monoisotopic (exact) mass is 263 g/mol. The average Bonchev–Trinajstić information content (AvgIpc) is 2.39. The number of nitrogens with zero attached hydrogens (tertiary/aromatic N) is 2. The summed E-state index contributed by atoms with van der Waals surface area (Å²) in [6.07, 6.45) is 7.46. The SMILES string of the molecule is CCC1CCC(Nc2cc(C)c([N+](=O)[O-])cn2)CC1. The standard InChI is InChI=1S/C14H21N3O2/c1-3-11-4-6-12(7-5-11)16-14-8-10(2)13(9-15-14)17(18)19/h8-9,11-12H,3-7H2,1-2H3,(H,15,16). The van der Waals surface area contributed by atoms with Gasteiger partial charge in [-0.15, -0.1) is 0 Å². The van der Waals surface area contributed by atoms with Crippen molar-refractivity contribution in [1.82, 2.24) is 4.98 Å². The summed E-state index contributed by atoms with van der Waals surface area (Å²) in [6, 6.07) is 2.22. The maximum atomic E-state index is 10.7. The van der Waals surface area contributed by atoms with Crippen LogP contribution in [-0.4, -0.2) is 15.9 Å². The molecule has 1 aliphatic rings. The van der Waals surface area contributed by atoms with E-state index in [1.54, 1.807) is 13.0 Å². The summed E-state index contributed by atoms with van der Waals surface area (Å²) in [4.78, 5) is 14.5. The zero-order valence-corrected chi connectivity index (χ0v) is 11.6. The topological polar surface area (TPSA) is 68.1 Å². The molecule has 0 bridgehead atoms. The minimum Gasteiger partial charge on any atom is -0.367 e. The van der Waals surface area contributed by atoms with Crippen molar-refractivity contribution in [3.05, 3.63) is 27.9 Å². The predicted octanol–water partition coefficient (Wildman–Crippen LogP) is 3.68. The molecular weight excluding hydrogens is 242 g/mol. The van der Waals surface area contributed by atoms with Crippen LogP contribution in [0.3, 0.4) is 0 Å². The van der Waals surface area contributed by atoms with Crippen LogP contribution < -0.4 is 5.32 Å². The first-order valence-electron chi connectivity index (χ1n) is 6.97. The molecule has 104 valence electrons. The Hall–Kier alpha value is -1.65. The summed E-state index contributed by atoms with van der Waals surface area (Å²) in [6.45, 7) is 4.00. The normalized spacial score (nSPS) is 23.1. The number of aryl methyl sites for hydroxylation is 1. The van der Waals surface area contributed by atoms with E-state index in [9.17, 15) is 10.1 Å². The predicted molar refractivity (Wildman–Crippen MR) is 75.3 cm³/mol. The van der Waals surface area contributed by atoms with E-state index in [0.29, 0.717) is 11.6 Å². The Morgan fingerprint density at radius 2 is 2.11 bits per heavy atom. The number of nitrogens with one attached hydrogen (secondary N) is 1. The maximum Gasteiger partial charge on any atom is 0.290 e. The van der Waals surface area contributed by atoms with Gasteiger partial charge in [0.15, 0.2) is 0 Å². The van der Waals surface area contributed by atoms with E-state index in [1.165, 1.54) is 25.5 Å². The van der Waals surface area contributed by atoms with E-state index < -0.39 is 4.92 Å². The Labute approximate surface area is 113 Å². The van der Waals surface area contributed by atoms with Crippen molar-refractivity contribution in [2.75, 3.05) is 5.32 Å². The van der Waals surface area contributed by atoms with Crippen LogP contribution in [0.5, 0.6) is 0 Å². The average molecular weight is 263 g/mol. The zero-order chi connectivity index (χ0) is 13.8. The number of pyridine rings is 1. The summed E-state index contributed by atoms with van der Waals surface area (Å²) in [5.74, 6) is 1.62. The fourth-order valence-electron chi connectivity index (χ4n) is 2.74. The van der Waals surface area contributed by atoms with Crippen LogP contribution in [0.25, 0.3) is 0 Å². The van der Waals surface area contributed by atoms with E-state index in [1.807, 2.05) is 0 Å². The highest BCUT2D eigenvalue weighted by atomic mass is 16.6. The summed E-state index contributed by atoms with van der Waals surface area (Å²) in [5, 5.41) is 14.1. The fraction of sp³-hybridized carbons (Fsp3) is 0.643. The second-order valence-electron chi connectivity index (χ2n) is 5.38. The van der Waals surface area contributed by atoms with Crippen LogP contribution in [0.1, 0.15) is 44.6 Å². The molecule has 0 aromatic carbocycles. The summed E-state index contributed by atoms with van der Waals surface area (Å²) in [5.41, 5.74) is 0.741. The number of nitro groups is 1. The van der Waals surface area contributed by atoms with Gasteiger partial charge in [-0.3, -0.25) is 10.1 Å². The third-order valence-electron chi connectivity index (χ3n) is 4.06. The highest BCUT2D eigenvalue weighted by molar-refractivity contribution is 5.47. The highest BCUT2D eigenvalue weighted by Gasteiger charge is 2.20. The van der Waals surface area contributed by atoms with Crippen LogP contribution >= 0.6 is 0 Å². The molecule has 5 nitrogen and oxygen atoms in total. The number of hydrogen-bond donors (Lipinski definition) is 1. The molecule has 19 heavy (non-hydrogen) atoms. The van der Waals surface area contributed by atoms with Gasteiger partial charge in [0.1, 0.15) is 12.0 Å². The van der Waals surface area contributed by atoms with Gasteiger partial charge in [-0.1, -0.05) is 13.3 Å². The smallest absolute Gasteiger partial charge is 0.290 e. The second-order valence-corrected chi connectivity index (χ2v) is 5.38. The molecule has 2 rings (SSSR count). The Morgan fingerprint density at radius 1 is 1.42 bits per heavy atom. The van der Waals surface area contributed by atoms with E-state index in [2.05, 4.69) is 17.2 Å². The van der Waals surface area contributed by atoms with Gasteiger partial charge in [0.25, 0.3) is 5.69 Å². The minimum absolute atomic E-state index is 0.0836. The Morgan fingerprint density at radius 3 is 2.63 bits per heavy atom. The lowest BCUT2D eigenvalue weighted by molar-refractivity contribution is -0.385. The van der Waals surface area contributed by atoms with Crippen LogP contribution in [0.4, 0.5) is 11.5 Å². The summed E-state index contributed by atoms with van der Waals surface area (Å²) >= 11 is 0. The van der Waals surface area contributed by atoms with Crippen molar-refractivity contribution in [3.63, 3.8) is 0 Å². The first-order valence-corrected chi connectivity index (χ1v) is 6.97. The number of aromatic nitrogens is 1. The number of anilines is 1. The van der Waals surface area contributed by atoms with Gasteiger partial charge in [-0.05, 0) is 44.6 Å². The first kappa shape index (κ1) is 13.8. The van der Waals surface area contributed by atoms with Crippen molar-refractivity contribution in [1.29, 1.82) is 0 Å². The third-order valence-corrected chi connectivity index (χ3v) is 4.06. The molecule has 1 aromatic heterocycles. The number of hydrogen-bond acceptors (Lipinski definition) is 4. The molecule has 1 heterocycles. The molecule has 1 saturated carbocycles. The molecule has 0 aliphatic heterocycles. The molecule has 1 aromatic rings. The lowest BCUT2D eigenvalue weighted by Crippen LogP contribution is -2.26. The molecule has 1 aliphatic carbocycles. The lowest BCUT2D eigenvalue weighted by atomic mass is 9.84. The van der Waals surface area contributed by atoms with Crippen LogP contribution in [0.15, 0.2) is 12.3 Å². The molecule has 0 amide bonds. The Balaban J connectivity index is 1.97. The first-order chi connectivity index (χ1) is 9.10. The molecule has 0 radical (unpaired) electrons. The minimum atomic E-state index is -0.390.